The summed E-state index contributed by atoms with van der Waals surface area (Å²) in [6.45, 7) is 2.49. The maximum absolute atomic E-state index is 8.72. The molecular weight excluding hydrogens is 238 g/mol. The Morgan fingerprint density at radius 2 is 2.16 bits per heavy atom. The Hall–Kier alpha value is -2.61. The first kappa shape index (κ1) is 12.8. The summed E-state index contributed by atoms with van der Waals surface area (Å²) >= 11 is 0. The lowest BCUT2D eigenvalue weighted by molar-refractivity contribution is 0.984. The Kier molecular flexibility index (Phi) is 3.94. The van der Waals surface area contributed by atoms with E-state index >= 15 is 0 Å². The average Bonchev–Trinajstić information content (AvgIpc) is 2.42. The highest BCUT2D eigenvalue weighted by Gasteiger charge is 2.01. The number of benzene rings is 1. The maximum Gasteiger partial charge on any atom is 0.0777 e. The third kappa shape index (κ3) is 3.42. The third-order valence-electron chi connectivity index (χ3n) is 2.72. The molecule has 1 heterocycles. The second kappa shape index (κ2) is 5.83. The summed E-state index contributed by atoms with van der Waals surface area (Å²) in [5, 5.41) is 12.0. The smallest absolute Gasteiger partial charge is 0.0777 e. The number of nitrogen functional groups attached to an aromatic ring is 1. The van der Waals surface area contributed by atoms with Crippen molar-refractivity contribution < 1.29 is 0 Å². The van der Waals surface area contributed by atoms with Gasteiger partial charge >= 0.3 is 0 Å². The van der Waals surface area contributed by atoms with Gasteiger partial charge in [0.15, 0.2) is 0 Å². The second-order valence-corrected chi connectivity index (χ2v) is 4.25. The number of nitrogens with two attached hydrogens (primary N) is 1. The molecule has 1 aromatic carbocycles. The SMILES string of the molecule is Cc1cnc(CNc2ccc(N)c(CC#N)c2)cn1. The van der Waals surface area contributed by atoms with Crippen LogP contribution in [0.15, 0.2) is 30.6 Å². The lowest BCUT2D eigenvalue weighted by atomic mass is 10.1. The number of nitrogens with zero attached hydrogens (tertiary/aromatic N) is 3. The average molecular weight is 253 g/mol. The van der Waals surface area contributed by atoms with E-state index in [9.17, 15) is 0 Å². The van der Waals surface area contributed by atoms with E-state index < -0.39 is 0 Å². The van der Waals surface area contributed by atoms with Crippen LogP contribution in [0.1, 0.15) is 17.0 Å². The van der Waals surface area contributed by atoms with Crippen molar-refractivity contribution >= 4 is 11.4 Å². The van der Waals surface area contributed by atoms with Crippen LogP contribution >= 0.6 is 0 Å². The standard InChI is InChI=1S/C14H15N5/c1-10-7-18-13(8-17-10)9-19-12-2-3-14(16)11(6-12)4-5-15/h2-3,6-8,19H,4,9,16H2,1H3. The van der Waals surface area contributed by atoms with Gasteiger partial charge in [0, 0.05) is 17.6 Å². The quantitative estimate of drug-likeness (QED) is 0.814. The van der Waals surface area contributed by atoms with Crippen LogP contribution in [0.25, 0.3) is 0 Å². The second-order valence-electron chi connectivity index (χ2n) is 4.25. The van der Waals surface area contributed by atoms with Crippen LogP contribution in [-0.2, 0) is 13.0 Å². The minimum absolute atomic E-state index is 0.311. The van der Waals surface area contributed by atoms with E-state index in [2.05, 4.69) is 21.4 Å². The van der Waals surface area contributed by atoms with E-state index in [1.165, 1.54) is 0 Å². The Morgan fingerprint density at radius 3 is 2.84 bits per heavy atom. The summed E-state index contributed by atoms with van der Waals surface area (Å²) in [6.07, 6.45) is 3.79. The van der Waals surface area contributed by atoms with Crippen LogP contribution in [0, 0.1) is 18.3 Å². The van der Waals surface area contributed by atoms with Gasteiger partial charge in [-0.05, 0) is 30.7 Å². The molecule has 5 nitrogen and oxygen atoms in total. The molecule has 0 bridgehead atoms. The van der Waals surface area contributed by atoms with Gasteiger partial charge in [-0.15, -0.1) is 0 Å². The number of nitriles is 1. The molecule has 1 aromatic heterocycles. The number of aromatic nitrogens is 2. The molecule has 0 aliphatic heterocycles. The largest absolute Gasteiger partial charge is 0.398 e. The molecule has 0 saturated carbocycles. The number of aryl methyl sites for hydroxylation is 1. The highest BCUT2D eigenvalue weighted by Crippen LogP contribution is 2.18. The minimum Gasteiger partial charge on any atom is -0.398 e. The van der Waals surface area contributed by atoms with Crippen LogP contribution in [0.4, 0.5) is 11.4 Å². The van der Waals surface area contributed by atoms with E-state index in [-0.39, 0.29) is 0 Å². The molecule has 0 saturated heterocycles. The summed E-state index contributed by atoms with van der Waals surface area (Å²) in [7, 11) is 0. The minimum atomic E-state index is 0.311. The molecule has 2 rings (SSSR count). The van der Waals surface area contributed by atoms with Crippen molar-refractivity contribution in [2.45, 2.75) is 19.9 Å². The molecule has 0 spiro atoms. The number of rotatable bonds is 4. The Labute approximate surface area is 112 Å². The molecular formula is C14H15N5. The first-order chi connectivity index (χ1) is 9.19. The highest BCUT2D eigenvalue weighted by molar-refractivity contribution is 5.58. The van der Waals surface area contributed by atoms with Gasteiger partial charge in [-0.3, -0.25) is 9.97 Å². The molecule has 0 unspecified atom stereocenters. The van der Waals surface area contributed by atoms with Crippen molar-refractivity contribution in [2.75, 3.05) is 11.1 Å². The van der Waals surface area contributed by atoms with Crippen molar-refractivity contribution in [1.29, 1.82) is 5.26 Å². The van der Waals surface area contributed by atoms with E-state index in [0.717, 1.165) is 22.6 Å². The third-order valence-corrected chi connectivity index (χ3v) is 2.72. The first-order valence-corrected chi connectivity index (χ1v) is 5.96. The number of nitrogens with one attached hydrogen (secondary N) is 1. The fourth-order valence-corrected chi connectivity index (χ4v) is 1.66. The molecule has 0 aliphatic rings. The zero-order valence-corrected chi connectivity index (χ0v) is 10.7. The summed E-state index contributed by atoms with van der Waals surface area (Å²) < 4.78 is 0. The molecule has 0 radical (unpaired) electrons. The fraction of sp³-hybridized carbons (Fsp3) is 0.214. The van der Waals surface area contributed by atoms with Crippen molar-refractivity contribution in [2.24, 2.45) is 0 Å². The van der Waals surface area contributed by atoms with Crippen molar-refractivity contribution in [1.82, 2.24) is 9.97 Å². The van der Waals surface area contributed by atoms with Gasteiger partial charge in [-0.25, -0.2) is 0 Å². The zero-order chi connectivity index (χ0) is 13.7. The molecule has 96 valence electrons. The molecule has 0 fully saturated rings. The lowest BCUT2D eigenvalue weighted by Gasteiger charge is -2.09. The summed E-state index contributed by atoms with van der Waals surface area (Å²) in [5.74, 6) is 0. The first-order valence-electron chi connectivity index (χ1n) is 5.96. The van der Waals surface area contributed by atoms with Gasteiger partial charge in [0.25, 0.3) is 0 Å². The molecule has 0 amide bonds. The zero-order valence-electron chi connectivity index (χ0n) is 10.7. The monoisotopic (exact) mass is 253 g/mol. The number of anilines is 2. The topological polar surface area (TPSA) is 87.6 Å². The van der Waals surface area contributed by atoms with E-state index in [4.69, 9.17) is 11.0 Å². The van der Waals surface area contributed by atoms with Crippen LogP contribution in [0.5, 0.6) is 0 Å². The number of hydrogen-bond donors (Lipinski definition) is 2. The van der Waals surface area contributed by atoms with Gasteiger partial charge in [0.2, 0.25) is 0 Å². The van der Waals surface area contributed by atoms with Crippen LogP contribution in [-0.4, -0.2) is 9.97 Å². The highest BCUT2D eigenvalue weighted by atomic mass is 14.9. The normalized spacial score (nSPS) is 9.89. The number of hydrogen-bond acceptors (Lipinski definition) is 5. The Bertz CT molecular complexity index is 598. The summed E-state index contributed by atoms with van der Waals surface area (Å²) in [4.78, 5) is 8.45. The van der Waals surface area contributed by atoms with Crippen molar-refractivity contribution in [3.63, 3.8) is 0 Å². The van der Waals surface area contributed by atoms with Gasteiger partial charge in [-0.2, -0.15) is 5.26 Å². The maximum atomic E-state index is 8.72. The van der Waals surface area contributed by atoms with E-state index in [1.807, 2.05) is 19.1 Å². The van der Waals surface area contributed by atoms with Crippen LogP contribution in [0.2, 0.25) is 0 Å². The lowest BCUT2D eigenvalue weighted by Crippen LogP contribution is -2.03. The Balaban J connectivity index is 2.05. The molecule has 3 N–H and O–H groups in total. The summed E-state index contributed by atoms with van der Waals surface area (Å²) in [6, 6.07) is 7.68. The molecule has 2 aromatic rings. The van der Waals surface area contributed by atoms with Crippen molar-refractivity contribution in [3.8, 4) is 6.07 Å². The van der Waals surface area contributed by atoms with Crippen molar-refractivity contribution in [3.05, 3.63) is 47.5 Å². The molecule has 0 atom stereocenters. The van der Waals surface area contributed by atoms with Gasteiger partial charge < -0.3 is 11.1 Å². The molecule has 0 aliphatic carbocycles. The van der Waals surface area contributed by atoms with Gasteiger partial charge in [0.1, 0.15) is 0 Å². The Morgan fingerprint density at radius 1 is 1.32 bits per heavy atom. The summed E-state index contributed by atoms with van der Waals surface area (Å²) in [5.41, 5.74) is 9.95. The molecule has 19 heavy (non-hydrogen) atoms. The molecule has 5 heteroatoms. The fourth-order valence-electron chi connectivity index (χ4n) is 1.66. The van der Waals surface area contributed by atoms with E-state index in [1.54, 1.807) is 18.5 Å². The van der Waals surface area contributed by atoms with Gasteiger partial charge in [0.05, 0.1) is 36.6 Å². The predicted molar refractivity (Wildman–Crippen MR) is 74.3 cm³/mol. The van der Waals surface area contributed by atoms with E-state index in [0.29, 0.717) is 18.7 Å². The van der Waals surface area contributed by atoms with Crippen LogP contribution < -0.4 is 11.1 Å². The predicted octanol–water partition coefficient (Wildman–Crippen LogP) is 2.05. The van der Waals surface area contributed by atoms with Crippen LogP contribution in [0.3, 0.4) is 0 Å². The van der Waals surface area contributed by atoms with Gasteiger partial charge in [-0.1, -0.05) is 0 Å².